The molecule has 1 unspecified atom stereocenters. The van der Waals surface area contributed by atoms with Gasteiger partial charge in [0.25, 0.3) is 0 Å². The van der Waals surface area contributed by atoms with Gasteiger partial charge in [0.2, 0.25) is 0 Å². The largest absolute Gasteiger partial charge is 0.486 e. The lowest BCUT2D eigenvalue weighted by molar-refractivity contribution is 0.214. The first kappa shape index (κ1) is 21.4. The first-order valence-electron chi connectivity index (χ1n) is 9.01. The van der Waals surface area contributed by atoms with E-state index in [2.05, 4.69) is 30.4 Å². The zero-order valence-electron chi connectivity index (χ0n) is 15.6. The minimum atomic E-state index is -0.361. The molecule has 27 heavy (non-hydrogen) atoms. The predicted octanol–water partition coefficient (Wildman–Crippen LogP) is 2.50. The summed E-state index contributed by atoms with van der Waals surface area (Å²) in [5, 5.41) is 14.8. The zero-order chi connectivity index (χ0) is 18.4. The van der Waals surface area contributed by atoms with Crippen LogP contribution >= 0.6 is 24.0 Å². The van der Waals surface area contributed by atoms with E-state index < -0.39 is 0 Å². The van der Waals surface area contributed by atoms with E-state index in [4.69, 9.17) is 4.74 Å². The zero-order valence-corrected chi connectivity index (χ0v) is 17.9. The lowest BCUT2D eigenvalue weighted by atomic mass is 10.3. The minimum absolute atomic E-state index is 0. The van der Waals surface area contributed by atoms with E-state index in [9.17, 15) is 4.39 Å². The van der Waals surface area contributed by atoms with Crippen molar-refractivity contribution in [2.45, 2.75) is 45.9 Å². The second-order valence-electron chi connectivity index (χ2n) is 6.22. The second kappa shape index (κ2) is 10.4. The number of hydrogen-bond donors (Lipinski definition) is 2. The smallest absolute Gasteiger partial charge is 0.191 e. The quantitative estimate of drug-likeness (QED) is 0.356. The van der Waals surface area contributed by atoms with E-state index in [1.807, 2.05) is 13.8 Å². The molecule has 9 heteroatoms. The van der Waals surface area contributed by atoms with Gasteiger partial charge in [0.1, 0.15) is 18.5 Å². The van der Waals surface area contributed by atoms with E-state index in [-0.39, 0.29) is 41.6 Å². The van der Waals surface area contributed by atoms with E-state index in [0.29, 0.717) is 19.0 Å². The van der Waals surface area contributed by atoms with Crippen LogP contribution in [0.3, 0.4) is 0 Å². The van der Waals surface area contributed by atoms with Crippen LogP contribution in [0, 0.1) is 5.82 Å². The van der Waals surface area contributed by atoms with Crippen LogP contribution in [0.2, 0.25) is 0 Å². The third-order valence-electron chi connectivity index (χ3n) is 4.13. The van der Waals surface area contributed by atoms with Crippen LogP contribution in [0.15, 0.2) is 29.3 Å². The lowest BCUT2D eigenvalue weighted by Crippen LogP contribution is -2.41. The van der Waals surface area contributed by atoms with Gasteiger partial charge in [-0.1, -0.05) is 12.1 Å². The van der Waals surface area contributed by atoms with Crippen molar-refractivity contribution in [1.82, 2.24) is 25.4 Å². The molecule has 1 aliphatic heterocycles. The first-order valence-corrected chi connectivity index (χ1v) is 9.01. The van der Waals surface area contributed by atoms with Crippen molar-refractivity contribution in [2.24, 2.45) is 4.99 Å². The molecule has 0 bridgehead atoms. The molecule has 0 spiro atoms. The van der Waals surface area contributed by atoms with Crippen LogP contribution in [-0.4, -0.2) is 39.9 Å². The maximum Gasteiger partial charge on any atom is 0.191 e. The van der Waals surface area contributed by atoms with Gasteiger partial charge >= 0.3 is 0 Å². The number of rotatable bonds is 7. The molecule has 2 aromatic rings. The molecule has 0 amide bonds. The second-order valence-corrected chi connectivity index (χ2v) is 6.22. The maximum atomic E-state index is 13.7. The number of fused-ring (bicyclic) bond motifs is 1. The number of hydrogen-bond acceptors (Lipinski definition) is 4. The molecule has 1 aromatic heterocycles. The van der Waals surface area contributed by atoms with E-state index in [0.717, 1.165) is 37.6 Å². The third kappa shape index (κ3) is 5.78. The van der Waals surface area contributed by atoms with Gasteiger partial charge in [-0.3, -0.25) is 0 Å². The first-order chi connectivity index (χ1) is 12.7. The summed E-state index contributed by atoms with van der Waals surface area (Å²) in [6, 6.07) is 6.40. The number of halogens is 2. The van der Waals surface area contributed by atoms with Crippen LogP contribution in [0.4, 0.5) is 4.39 Å². The average Bonchev–Trinajstić information content (AvgIpc) is 3.23. The fourth-order valence-corrected chi connectivity index (χ4v) is 2.86. The number of guanidine groups is 1. The molecule has 0 saturated heterocycles. The molecular weight excluding hydrogens is 462 g/mol. The summed E-state index contributed by atoms with van der Waals surface area (Å²) in [6.07, 6.45) is 1.89. The summed E-state index contributed by atoms with van der Waals surface area (Å²) in [5.41, 5.74) is 0. The van der Waals surface area contributed by atoms with Crippen molar-refractivity contribution in [1.29, 1.82) is 0 Å². The number of nitrogens with zero attached hydrogens (tertiary/aromatic N) is 4. The minimum Gasteiger partial charge on any atom is -0.486 e. The number of aryl methyl sites for hydroxylation is 1. The van der Waals surface area contributed by atoms with Gasteiger partial charge in [-0.2, -0.15) is 0 Å². The van der Waals surface area contributed by atoms with Crippen LogP contribution in [0.1, 0.15) is 31.9 Å². The Bertz CT molecular complexity index is 766. The van der Waals surface area contributed by atoms with Gasteiger partial charge in [0, 0.05) is 19.5 Å². The Hall–Kier alpha value is -1.91. The number of ether oxygens (including phenoxy) is 1. The number of nitrogens with one attached hydrogen (secondary N) is 2. The summed E-state index contributed by atoms with van der Waals surface area (Å²) in [5.74, 6) is 2.49. The topological polar surface area (TPSA) is 76.4 Å². The highest BCUT2D eigenvalue weighted by Crippen LogP contribution is 2.17. The Kier molecular flexibility index (Phi) is 8.26. The summed E-state index contributed by atoms with van der Waals surface area (Å²) in [6.45, 7) is 6.56. The fraction of sp³-hybridized carbons (Fsp3) is 0.500. The van der Waals surface area contributed by atoms with Crippen molar-refractivity contribution < 1.29 is 9.13 Å². The number of aromatic nitrogens is 3. The number of benzene rings is 1. The molecule has 0 aliphatic carbocycles. The highest BCUT2D eigenvalue weighted by molar-refractivity contribution is 14.0. The van der Waals surface area contributed by atoms with Crippen molar-refractivity contribution in [3.05, 3.63) is 41.7 Å². The van der Waals surface area contributed by atoms with Crippen molar-refractivity contribution in [3.8, 4) is 5.75 Å². The molecule has 148 valence electrons. The van der Waals surface area contributed by atoms with Crippen LogP contribution in [0.25, 0.3) is 0 Å². The SMILES string of the molecule is CCNC(=NCc1nnc2n1CCC2)NCC(C)Oc1ccccc1F.I. The summed E-state index contributed by atoms with van der Waals surface area (Å²) in [4.78, 5) is 4.57. The molecule has 1 aliphatic rings. The monoisotopic (exact) mass is 488 g/mol. The van der Waals surface area contributed by atoms with E-state index in [1.165, 1.54) is 6.07 Å². The Morgan fingerprint density at radius 3 is 2.93 bits per heavy atom. The molecule has 3 rings (SSSR count). The predicted molar refractivity (Wildman–Crippen MR) is 113 cm³/mol. The van der Waals surface area contributed by atoms with Crippen LogP contribution < -0.4 is 15.4 Å². The third-order valence-corrected chi connectivity index (χ3v) is 4.13. The van der Waals surface area contributed by atoms with Crippen LogP contribution in [-0.2, 0) is 19.5 Å². The lowest BCUT2D eigenvalue weighted by Gasteiger charge is -2.18. The van der Waals surface area contributed by atoms with Crippen molar-refractivity contribution in [3.63, 3.8) is 0 Å². The number of para-hydroxylation sites is 1. The summed E-state index contributed by atoms with van der Waals surface area (Å²) < 4.78 is 21.4. The molecule has 2 N–H and O–H groups in total. The van der Waals surface area contributed by atoms with Gasteiger partial charge < -0.3 is 19.9 Å². The highest BCUT2D eigenvalue weighted by atomic mass is 127. The number of aliphatic imine (C=N–C) groups is 1. The van der Waals surface area contributed by atoms with E-state index in [1.54, 1.807) is 18.2 Å². The Balaban J connectivity index is 0.00000261. The van der Waals surface area contributed by atoms with Crippen LogP contribution in [0.5, 0.6) is 5.75 Å². The van der Waals surface area contributed by atoms with Gasteiger partial charge in [0.05, 0.1) is 6.54 Å². The van der Waals surface area contributed by atoms with Crippen molar-refractivity contribution >= 4 is 29.9 Å². The highest BCUT2D eigenvalue weighted by Gasteiger charge is 2.17. The molecule has 0 fully saturated rings. The molecule has 1 atom stereocenters. The maximum absolute atomic E-state index is 13.7. The van der Waals surface area contributed by atoms with Crippen molar-refractivity contribution in [2.75, 3.05) is 13.1 Å². The Morgan fingerprint density at radius 1 is 1.33 bits per heavy atom. The molecule has 1 aromatic carbocycles. The van der Waals surface area contributed by atoms with Gasteiger partial charge in [-0.05, 0) is 32.4 Å². The molecule has 2 heterocycles. The van der Waals surface area contributed by atoms with Gasteiger partial charge in [-0.15, -0.1) is 34.2 Å². The molecule has 0 radical (unpaired) electrons. The summed E-state index contributed by atoms with van der Waals surface area (Å²) >= 11 is 0. The standard InChI is InChI=1S/C18H25FN6O.HI/c1-3-20-18(22-12-17-24-23-16-9-6-10-25(16)17)21-11-13(2)26-15-8-5-4-7-14(15)19;/h4-5,7-8,13H,3,6,9-12H2,1-2H3,(H2,20,21,22);1H. The Labute approximate surface area is 175 Å². The molecule has 0 saturated carbocycles. The van der Waals surface area contributed by atoms with Gasteiger partial charge in [0.15, 0.2) is 23.4 Å². The summed E-state index contributed by atoms with van der Waals surface area (Å²) in [7, 11) is 0. The van der Waals surface area contributed by atoms with E-state index >= 15 is 0 Å². The molecular formula is C18H26FIN6O. The average molecular weight is 488 g/mol. The fourth-order valence-electron chi connectivity index (χ4n) is 2.86. The molecule has 7 nitrogen and oxygen atoms in total. The normalized spacial score (nSPS) is 14.3. The Morgan fingerprint density at radius 2 is 2.15 bits per heavy atom. The van der Waals surface area contributed by atoms with Gasteiger partial charge in [-0.25, -0.2) is 9.38 Å².